The number of aryl methyl sites for hydroxylation is 1. The minimum Gasteiger partial charge on any atom is -0.295 e. The first-order chi connectivity index (χ1) is 6.56. The van der Waals surface area contributed by atoms with Crippen LogP contribution in [0.4, 0.5) is 0 Å². The lowest BCUT2D eigenvalue weighted by atomic mass is 9.93. The maximum atomic E-state index is 11.2. The van der Waals surface area contributed by atoms with E-state index < -0.39 is 0 Å². The molecule has 0 amide bonds. The summed E-state index contributed by atoms with van der Waals surface area (Å²) in [5.41, 5.74) is 3.48. The van der Waals surface area contributed by atoms with E-state index in [4.69, 9.17) is 0 Å². The van der Waals surface area contributed by atoms with Crippen LogP contribution in [0.1, 0.15) is 55.1 Å². The molecule has 1 aromatic carbocycles. The normalized spacial score (nSPS) is 10.6. The van der Waals surface area contributed by atoms with Gasteiger partial charge in [0.25, 0.3) is 0 Å². The molecule has 0 saturated heterocycles. The number of hydrogen-bond donors (Lipinski definition) is 0. The summed E-state index contributed by atoms with van der Waals surface area (Å²) in [5.74, 6) is 0.638. The monoisotopic (exact) mass is 190 g/mol. The first-order valence-corrected chi connectivity index (χ1v) is 5.20. The van der Waals surface area contributed by atoms with Gasteiger partial charge in [-0.1, -0.05) is 32.9 Å². The summed E-state index contributed by atoms with van der Waals surface area (Å²) in [4.78, 5) is 11.2. The summed E-state index contributed by atoms with van der Waals surface area (Å²) in [5, 5.41) is 0. The van der Waals surface area contributed by atoms with Gasteiger partial charge in [-0.3, -0.25) is 4.79 Å². The van der Waals surface area contributed by atoms with Gasteiger partial charge in [0.1, 0.15) is 0 Å². The molecule has 0 heterocycles. The number of ketones is 1. The van der Waals surface area contributed by atoms with Gasteiger partial charge < -0.3 is 0 Å². The molecule has 0 fully saturated rings. The van der Waals surface area contributed by atoms with Crippen molar-refractivity contribution in [3.8, 4) is 0 Å². The van der Waals surface area contributed by atoms with E-state index in [9.17, 15) is 4.79 Å². The fraction of sp³-hybridized carbons (Fsp3) is 0.462. The van der Waals surface area contributed by atoms with Crippen molar-refractivity contribution in [3.63, 3.8) is 0 Å². The summed E-state index contributed by atoms with van der Waals surface area (Å²) in [7, 11) is 0. The van der Waals surface area contributed by atoms with Crippen molar-refractivity contribution in [1.29, 1.82) is 0 Å². The minimum atomic E-state index is 0.148. The molecule has 76 valence electrons. The summed E-state index contributed by atoms with van der Waals surface area (Å²) < 4.78 is 0. The highest BCUT2D eigenvalue weighted by Crippen LogP contribution is 2.21. The standard InChI is InChI=1S/C13H18O/c1-5-11-6-7-12(10(4)14)8-13(11)9(2)3/h6-9H,5H2,1-4H3. The number of benzene rings is 1. The first kappa shape index (κ1) is 11.0. The van der Waals surface area contributed by atoms with Crippen molar-refractivity contribution in [1.82, 2.24) is 0 Å². The van der Waals surface area contributed by atoms with E-state index in [1.807, 2.05) is 12.1 Å². The Morgan fingerprint density at radius 1 is 1.36 bits per heavy atom. The lowest BCUT2D eigenvalue weighted by Crippen LogP contribution is -2.00. The third-order valence-electron chi connectivity index (χ3n) is 2.56. The minimum absolute atomic E-state index is 0.148. The van der Waals surface area contributed by atoms with Crippen LogP contribution in [-0.2, 0) is 6.42 Å². The molecule has 0 aliphatic heterocycles. The van der Waals surface area contributed by atoms with E-state index in [-0.39, 0.29) is 5.78 Å². The Morgan fingerprint density at radius 3 is 2.43 bits per heavy atom. The van der Waals surface area contributed by atoms with Crippen LogP contribution in [0.5, 0.6) is 0 Å². The average Bonchev–Trinajstić information content (AvgIpc) is 2.16. The summed E-state index contributed by atoms with van der Waals surface area (Å²) >= 11 is 0. The van der Waals surface area contributed by atoms with Gasteiger partial charge in [-0.15, -0.1) is 0 Å². The Hall–Kier alpha value is -1.11. The number of Topliss-reactive ketones (excluding diaryl/α,β-unsaturated/α-hetero) is 1. The molecule has 0 aliphatic carbocycles. The van der Waals surface area contributed by atoms with Crippen molar-refractivity contribution >= 4 is 5.78 Å². The van der Waals surface area contributed by atoms with Gasteiger partial charge in [-0.2, -0.15) is 0 Å². The van der Waals surface area contributed by atoms with Gasteiger partial charge in [-0.25, -0.2) is 0 Å². The van der Waals surface area contributed by atoms with E-state index in [2.05, 4.69) is 26.8 Å². The van der Waals surface area contributed by atoms with Gasteiger partial charge in [0, 0.05) is 5.56 Å². The molecule has 1 heteroatoms. The predicted molar refractivity (Wildman–Crippen MR) is 59.9 cm³/mol. The van der Waals surface area contributed by atoms with Crippen LogP contribution in [0.3, 0.4) is 0 Å². The topological polar surface area (TPSA) is 17.1 Å². The summed E-state index contributed by atoms with van der Waals surface area (Å²) in [6, 6.07) is 6.03. The lowest BCUT2D eigenvalue weighted by Gasteiger charge is -2.12. The molecule has 1 rings (SSSR count). The second kappa shape index (κ2) is 4.41. The van der Waals surface area contributed by atoms with Crippen LogP contribution in [-0.4, -0.2) is 5.78 Å². The van der Waals surface area contributed by atoms with Crippen LogP contribution >= 0.6 is 0 Å². The quantitative estimate of drug-likeness (QED) is 0.666. The number of carbonyl (C=O) groups is 1. The second-order valence-electron chi connectivity index (χ2n) is 3.98. The molecule has 0 bridgehead atoms. The summed E-state index contributed by atoms with van der Waals surface area (Å²) in [6.45, 7) is 8.09. The lowest BCUT2D eigenvalue weighted by molar-refractivity contribution is 0.101. The molecule has 1 aromatic rings. The molecule has 1 nitrogen and oxygen atoms in total. The van der Waals surface area contributed by atoms with Crippen LogP contribution in [0.2, 0.25) is 0 Å². The number of carbonyl (C=O) groups excluding carboxylic acids is 1. The van der Waals surface area contributed by atoms with Crippen LogP contribution < -0.4 is 0 Å². The van der Waals surface area contributed by atoms with E-state index in [1.54, 1.807) is 6.92 Å². The smallest absolute Gasteiger partial charge is 0.159 e. The Morgan fingerprint density at radius 2 is 2.00 bits per heavy atom. The Kier molecular flexibility index (Phi) is 3.45. The number of hydrogen-bond acceptors (Lipinski definition) is 1. The van der Waals surface area contributed by atoms with Gasteiger partial charge in [0.15, 0.2) is 5.78 Å². The molecule has 0 unspecified atom stereocenters. The van der Waals surface area contributed by atoms with Gasteiger partial charge in [0.05, 0.1) is 0 Å². The average molecular weight is 190 g/mol. The zero-order chi connectivity index (χ0) is 10.7. The zero-order valence-electron chi connectivity index (χ0n) is 9.42. The molecule has 0 aromatic heterocycles. The van der Waals surface area contributed by atoms with E-state index in [0.717, 1.165) is 12.0 Å². The molecule has 0 spiro atoms. The molecule has 14 heavy (non-hydrogen) atoms. The Bertz CT molecular complexity index is 337. The highest BCUT2D eigenvalue weighted by molar-refractivity contribution is 5.94. The van der Waals surface area contributed by atoms with Crippen LogP contribution in [0, 0.1) is 0 Å². The zero-order valence-corrected chi connectivity index (χ0v) is 9.42. The molecular formula is C13H18O. The Balaban J connectivity index is 3.20. The van der Waals surface area contributed by atoms with Crippen molar-refractivity contribution in [2.24, 2.45) is 0 Å². The van der Waals surface area contributed by atoms with Gasteiger partial charge in [-0.05, 0) is 36.5 Å². The van der Waals surface area contributed by atoms with E-state index >= 15 is 0 Å². The molecule has 0 atom stereocenters. The number of rotatable bonds is 3. The molecule has 0 saturated carbocycles. The molecule has 0 aliphatic rings. The van der Waals surface area contributed by atoms with E-state index in [0.29, 0.717) is 5.92 Å². The highest BCUT2D eigenvalue weighted by atomic mass is 16.1. The largest absolute Gasteiger partial charge is 0.295 e. The van der Waals surface area contributed by atoms with E-state index in [1.165, 1.54) is 11.1 Å². The van der Waals surface area contributed by atoms with Crippen LogP contribution in [0.15, 0.2) is 18.2 Å². The maximum Gasteiger partial charge on any atom is 0.159 e. The van der Waals surface area contributed by atoms with Crippen molar-refractivity contribution in [2.75, 3.05) is 0 Å². The third kappa shape index (κ3) is 2.22. The Labute approximate surface area is 86.1 Å². The highest BCUT2D eigenvalue weighted by Gasteiger charge is 2.08. The van der Waals surface area contributed by atoms with Crippen LogP contribution in [0.25, 0.3) is 0 Å². The van der Waals surface area contributed by atoms with Crippen molar-refractivity contribution in [2.45, 2.75) is 40.0 Å². The molecule has 0 radical (unpaired) electrons. The van der Waals surface area contributed by atoms with Crippen molar-refractivity contribution < 1.29 is 4.79 Å². The third-order valence-corrected chi connectivity index (χ3v) is 2.56. The van der Waals surface area contributed by atoms with Crippen molar-refractivity contribution in [3.05, 3.63) is 34.9 Å². The maximum absolute atomic E-state index is 11.2. The molecule has 0 N–H and O–H groups in total. The molecular weight excluding hydrogens is 172 g/mol. The second-order valence-corrected chi connectivity index (χ2v) is 3.98. The van der Waals surface area contributed by atoms with Gasteiger partial charge >= 0.3 is 0 Å². The fourth-order valence-electron chi connectivity index (χ4n) is 1.67. The predicted octanol–water partition coefficient (Wildman–Crippen LogP) is 3.58. The summed E-state index contributed by atoms with van der Waals surface area (Å²) in [6.07, 6.45) is 1.03. The van der Waals surface area contributed by atoms with Gasteiger partial charge in [0.2, 0.25) is 0 Å². The SMILES string of the molecule is CCc1ccc(C(C)=O)cc1C(C)C. The first-order valence-electron chi connectivity index (χ1n) is 5.20. The fourth-order valence-corrected chi connectivity index (χ4v) is 1.67.